The first-order valence-corrected chi connectivity index (χ1v) is 6.94. The van der Waals surface area contributed by atoms with Gasteiger partial charge in [-0.15, -0.1) is 0 Å². The van der Waals surface area contributed by atoms with Gasteiger partial charge in [0.15, 0.2) is 0 Å². The Kier molecular flexibility index (Phi) is 5.19. The molecule has 0 unspecified atom stereocenters. The van der Waals surface area contributed by atoms with E-state index >= 15 is 0 Å². The van der Waals surface area contributed by atoms with Crippen LogP contribution in [0.1, 0.15) is 38.7 Å². The second kappa shape index (κ2) is 7.30. The molecule has 0 radical (unpaired) electrons. The number of nitrogens with one attached hydrogen (secondary N) is 3. The summed E-state index contributed by atoms with van der Waals surface area (Å²) in [5, 5.41) is 2.56. The topological polar surface area (TPSA) is 114 Å². The van der Waals surface area contributed by atoms with Gasteiger partial charge in [0.1, 0.15) is 17.8 Å². The van der Waals surface area contributed by atoms with E-state index in [4.69, 9.17) is 8.83 Å². The van der Waals surface area contributed by atoms with Crippen molar-refractivity contribution in [2.24, 2.45) is 0 Å². The lowest BCUT2D eigenvalue weighted by Crippen LogP contribution is -2.42. The highest BCUT2D eigenvalue weighted by Crippen LogP contribution is 2.12. The molecule has 0 saturated carbocycles. The fourth-order valence-electron chi connectivity index (χ4n) is 1.90. The Bertz CT molecular complexity index is 703. The molecular formula is C15H17N3O5. The first-order chi connectivity index (χ1) is 11.0. The lowest BCUT2D eigenvalue weighted by molar-refractivity contribution is -0.121. The van der Waals surface area contributed by atoms with E-state index in [-0.39, 0.29) is 18.9 Å². The zero-order valence-corrected chi connectivity index (χ0v) is 12.8. The van der Waals surface area contributed by atoms with Crippen LogP contribution in [-0.4, -0.2) is 24.3 Å². The fourth-order valence-corrected chi connectivity index (χ4v) is 1.90. The zero-order chi connectivity index (χ0) is 16.8. The molecule has 2 rings (SSSR count). The Balaban J connectivity index is 1.70. The van der Waals surface area contributed by atoms with Gasteiger partial charge in [-0.25, -0.2) is 0 Å². The molecule has 0 aromatic carbocycles. The van der Waals surface area contributed by atoms with Crippen LogP contribution in [0.2, 0.25) is 0 Å². The molecule has 2 aromatic heterocycles. The lowest BCUT2D eigenvalue weighted by Gasteiger charge is -2.07. The molecule has 0 aliphatic heterocycles. The molecule has 3 N–H and O–H groups in total. The summed E-state index contributed by atoms with van der Waals surface area (Å²) in [4.78, 5) is 35.1. The molecule has 0 aliphatic carbocycles. The Morgan fingerprint density at radius 2 is 1.91 bits per heavy atom. The van der Waals surface area contributed by atoms with Crippen LogP contribution in [-0.2, 0) is 4.79 Å². The molecule has 23 heavy (non-hydrogen) atoms. The number of furan rings is 2. The summed E-state index contributed by atoms with van der Waals surface area (Å²) in [5.74, 6) is -0.138. The number of hydrogen-bond acceptors (Lipinski definition) is 5. The monoisotopic (exact) mass is 319 g/mol. The number of carbonyl (C=O) groups is 3. The van der Waals surface area contributed by atoms with Crippen molar-refractivity contribution in [3.63, 3.8) is 0 Å². The number of hydrogen-bond donors (Lipinski definition) is 3. The van der Waals surface area contributed by atoms with Gasteiger partial charge in [-0.1, -0.05) is 0 Å². The number of hydrazine groups is 1. The van der Waals surface area contributed by atoms with Gasteiger partial charge < -0.3 is 14.2 Å². The van der Waals surface area contributed by atoms with Crippen LogP contribution in [0.5, 0.6) is 0 Å². The van der Waals surface area contributed by atoms with E-state index in [0.717, 1.165) is 0 Å². The molecule has 2 heterocycles. The predicted octanol–water partition coefficient (Wildman–Crippen LogP) is 1.07. The molecule has 0 atom stereocenters. The van der Waals surface area contributed by atoms with E-state index in [9.17, 15) is 14.4 Å². The Labute approximate surface area is 132 Å². The highest BCUT2D eigenvalue weighted by Gasteiger charge is 2.14. The van der Waals surface area contributed by atoms with Crippen LogP contribution in [0.25, 0.3) is 0 Å². The smallest absolute Gasteiger partial charge is 0.273 e. The van der Waals surface area contributed by atoms with Crippen LogP contribution >= 0.6 is 0 Å². The van der Waals surface area contributed by atoms with Gasteiger partial charge in [-0.05, 0) is 26.0 Å². The number of amides is 3. The highest BCUT2D eigenvalue weighted by molar-refractivity contribution is 5.96. The standard InChI is InChI=1S/C15H17N3O5/c1-9-7-12(10(2)23-9)15(21)18-17-13(19)3-5-16-14(20)11-4-6-22-8-11/h4,6-8H,3,5H2,1-2H3,(H,16,20)(H,17,19)(H,18,21). The highest BCUT2D eigenvalue weighted by atomic mass is 16.3. The van der Waals surface area contributed by atoms with E-state index in [2.05, 4.69) is 16.2 Å². The summed E-state index contributed by atoms with van der Waals surface area (Å²) >= 11 is 0. The van der Waals surface area contributed by atoms with Crippen molar-refractivity contribution in [2.45, 2.75) is 20.3 Å². The molecule has 0 aliphatic rings. The summed E-state index contributed by atoms with van der Waals surface area (Å²) in [6.07, 6.45) is 2.72. The van der Waals surface area contributed by atoms with Crippen LogP contribution in [0, 0.1) is 13.8 Å². The van der Waals surface area contributed by atoms with Crippen LogP contribution in [0.4, 0.5) is 0 Å². The summed E-state index contributed by atoms with van der Waals surface area (Å²) in [7, 11) is 0. The summed E-state index contributed by atoms with van der Waals surface area (Å²) in [6, 6.07) is 3.10. The summed E-state index contributed by atoms with van der Waals surface area (Å²) < 4.78 is 10.0. The van der Waals surface area contributed by atoms with Crippen LogP contribution in [0.3, 0.4) is 0 Å². The van der Waals surface area contributed by atoms with Gasteiger partial charge in [0.2, 0.25) is 5.91 Å². The Hall–Kier alpha value is -3.03. The molecule has 0 bridgehead atoms. The molecule has 2 aromatic rings. The molecule has 122 valence electrons. The second-order valence-corrected chi connectivity index (χ2v) is 4.85. The van der Waals surface area contributed by atoms with Crippen molar-refractivity contribution >= 4 is 17.7 Å². The number of aryl methyl sites for hydroxylation is 2. The quantitative estimate of drug-likeness (QED) is 0.713. The molecule has 8 heteroatoms. The van der Waals surface area contributed by atoms with Crippen molar-refractivity contribution in [3.05, 3.63) is 47.3 Å². The summed E-state index contributed by atoms with van der Waals surface area (Å²) in [5.41, 5.74) is 5.30. The Morgan fingerprint density at radius 1 is 1.13 bits per heavy atom. The van der Waals surface area contributed by atoms with Crippen molar-refractivity contribution in [1.29, 1.82) is 0 Å². The minimum atomic E-state index is -0.463. The minimum Gasteiger partial charge on any atom is -0.472 e. The van der Waals surface area contributed by atoms with Crippen LogP contribution < -0.4 is 16.2 Å². The lowest BCUT2D eigenvalue weighted by atomic mass is 10.2. The van der Waals surface area contributed by atoms with E-state index < -0.39 is 11.8 Å². The van der Waals surface area contributed by atoms with Gasteiger partial charge in [0.25, 0.3) is 11.8 Å². The molecule has 0 fully saturated rings. The van der Waals surface area contributed by atoms with Crippen LogP contribution in [0.15, 0.2) is 33.5 Å². The molecular weight excluding hydrogens is 302 g/mol. The Morgan fingerprint density at radius 3 is 2.52 bits per heavy atom. The minimum absolute atomic E-state index is 0.0211. The average molecular weight is 319 g/mol. The van der Waals surface area contributed by atoms with E-state index in [1.54, 1.807) is 19.9 Å². The van der Waals surface area contributed by atoms with Crippen molar-refractivity contribution in [2.75, 3.05) is 6.54 Å². The number of carbonyl (C=O) groups excluding carboxylic acids is 3. The molecule has 8 nitrogen and oxygen atoms in total. The van der Waals surface area contributed by atoms with Gasteiger partial charge >= 0.3 is 0 Å². The van der Waals surface area contributed by atoms with Crippen molar-refractivity contribution < 1.29 is 23.2 Å². The first-order valence-electron chi connectivity index (χ1n) is 6.94. The maximum absolute atomic E-state index is 11.9. The number of rotatable bonds is 5. The van der Waals surface area contributed by atoms with E-state index in [1.165, 1.54) is 18.6 Å². The maximum Gasteiger partial charge on any atom is 0.273 e. The van der Waals surface area contributed by atoms with E-state index in [0.29, 0.717) is 22.6 Å². The van der Waals surface area contributed by atoms with Gasteiger partial charge in [-0.2, -0.15) is 0 Å². The second-order valence-electron chi connectivity index (χ2n) is 4.85. The maximum atomic E-state index is 11.9. The third kappa shape index (κ3) is 4.47. The zero-order valence-electron chi connectivity index (χ0n) is 12.8. The fraction of sp³-hybridized carbons (Fsp3) is 0.267. The van der Waals surface area contributed by atoms with Crippen molar-refractivity contribution in [3.8, 4) is 0 Å². The third-order valence-corrected chi connectivity index (χ3v) is 3.02. The van der Waals surface area contributed by atoms with E-state index in [1.807, 2.05) is 0 Å². The predicted molar refractivity (Wildman–Crippen MR) is 79.4 cm³/mol. The van der Waals surface area contributed by atoms with Gasteiger partial charge in [0, 0.05) is 13.0 Å². The normalized spacial score (nSPS) is 10.2. The SMILES string of the molecule is Cc1cc(C(=O)NNC(=O)CCNC(=O)c2ccoc2)c(C)o1. The third-order valence-electron chi connectivity index (χ3n) is 3.02. The molecule has 0 saturated heterocycles. The average Bonchev–Trinajstić information content (AvgIpc) is 3.14. The van der Waals surface area contributed by atoms with Crippen molar-refractivity contribution in [1.82, 2.24) is 16.2 Å². The van der Waals surface area contributed by atoms with Gasteiger partial charge in [0.05, 0.1) is 17.4 Å². The molecule has 3 amide bonds. The van der Waals surface area contributed by atoms with Gasteiger partial charge in [-0.3, -0.25) is 25.2 Å². The largest absolute Gasteiger partial charge is 0.472 e. The molecule has 0 spiro atoms. The first kappa shape index (κ1) is 16.3. The summed E-state index contributed by atoms with van der Waals surface area (Å²) in [6.45, 7) is 3.52.